The molecule has 0 spiro atoms. The molecule has 7 heteroatoms. The molecule has 0 saturated carbocycles. The molecule has 0 unspecified atom stereocenters. The van der Waals surface area contributed by atoms with Crippen LogP contribution in [-0.4, -0.2) is 35.4 Å². The van der Waals surface area contributed by atoms with Crippen molar-refractivity contribution in [3.8, 4) is 11.1 Å². The van der Waals surface area contributed by atoms with Crippen LogP contribution in [0.25, 0.3) is 11.1 Å². The van der Waals surface area contributed by atoms with Crippen LogP contribution in [0.2, 0.25) is 10.0 Å². The van der Waals surface area contributed by atoms with E-state index in [1.54, 1.807) is 12.1 Å². The minimum absolute atomic E-state index is 0.0752. The molecule has 0 saturated heterocycles. The van der Waals surface area contributed by atoms with E-state index in [-0.39, 0.29) is 18.2 Å². The molecule has 2 aromatic carbocycles. The van der Waals surface area contributed by atoms with E-state index in [9.17, 15) is 14.7 Å². The number of hydrogen-bond acceptors (Lipinski definition) is 3. The molecule has 2 N–H and O–H groups in total. The van der Waals surface area contributed by atoms with Crippen molar-refractivity contribution in [2.45, 2.75) is 13.0 Å². The monoisotopic (exact) mass is 404 g/mol. The highest BCUT2D eigenvalue weighted by molar-refractivity contribution is 6.36. The largest absolute Gasteiger partial charge is 0.503 e. The van der Waals surface area contributed by atoms with Crippen molar-refractivity contribution >= 4 is 35.0 Å². The van der Waals surface area contributed by atoms with Crippen molar-refractivity contribution in [2.24, 2.45) is 0 Å². The average Bonchev–Trinajstić information content (AvgIpc) is 2.89. The predicted molar refractivity (Wildman–Crippen MR) is 106 cm³/mol. The number of nitrogens with zero attached hydrogens (tertiary/aromatic N) is 1. The summed E-state index contributed by atoms with van der Waals surface area (Å²) in [7, 11) is 1.53. The van der Waals surface area contributed by atoms with Crippen LogP contribution in [0.1, 0.15) is 18.5 Å². The van der Waals surface area contributed by atoms with Gasteiger partial charge in [0.25, 0.3) is 11.8 Å². The Kier molecular flexibility index (Phi) is 5.44. The second-order valence-corrected chi connectivity index (χ2v) is 7.28. The first kappa shape index (κ1) is 19.3. The topological polar surface area (TPSA) is 69.6 Å². The summed E-state index contributed by atoms with van der Waals surface area (Å²) >= 11 is 12.2. The standard InChI is InChI=1S/C20H18Cl2N2O3/c1-11(23-19(26)16-10-24(2)20(27)18(16)25)12-4-3-5-13(8-12)15-7-6-14(21)9-17(15)22/h3-9,11,25H,10H2,1-2H3,(H,23,26)/t11-/m1/s1. The van der Waals surface area contributed by atoms with Gasteiger partial charge in [-0.15, -0.1) is 0 Å². The molecule has 0 aromatic heterocycles. The number of halogens is 2. The zero-order chi connectivity index (χ0) is 19.7. The number of aliphatic hydroxyl groups is 1. The van der Waals surface area contributed by atoms with Crippen molar-refractivity contribution in [3.05, 3.63) is 69.4 Å². The summed E-state index contributed by atoms with van der Waals surface area (Å²) in [6.45, 7) is 1.92. The summed E-state index contributed by atoms with van der Waals surface area (Å²) in [5.74, 6) is -1.51. The van der Waals surface area contributed by atoms with Gasteiger partial charge in [0.1, 0.15) is 0 Å². The van der Waals surface area contributed by atoms with Gasteiger partial charge >= 0.3 is 0 Å². The fourth-order valence-electron chi connectivity index (χ4n) is 2.94. The van der Waals surface area contributed by atoms with Gasteiger partial charge in [-0.05, 0) is 36.2 Å². The zero-order valence-electron chi connectivity index (χ0n) is 14.8. The molecule has 0 radical (unpaired) electrons. The number of likely N-dealkylation sites (N-methyl/N-ethyl adjacent to an activating group) is 1. The van der Waals surface area contributed by atoms with E-state index in [1.165, 1.54) is 11.9 Å². The summed E-state index contributed by atoms with van der Waals surface area (Å²) in [4.78, 5) is 25.4. The Bertz CT molecular complexity index is 956. The van der Waals surface area contributed by atoms with Crippen LogP contribution in [0.4, 0.5) is 0 Å². The maximum atomic E-state index is 12.4. The third kappa shape index (κ3) is 3.94. The molecular weight excluding hydrogens is 387 g/mol. The molecule has 2 aromatic rings. The summed E-state index contributed by atoms with van der Waals surface area (Å²) in [6.07, 6.45) is 0. The van der Waals surface area contributed by atoms with Crippen LogP contribution in [0.3, 0.4) is 0 Å². The van der Waals surface area contributed by atoms with Crippen LogP contribution in [0, 0.1) is 0 Å². The van der Waals surface area contributed by atoms with Crippen molar-refractivity contribution < 1.29 is 14.7 Å². The molecule has 3 rings (SSSR count). The molecule has 1 heterocycles. The zero-order valence-corrected chi connectivity index (χ0v) is 16.3. The van der Waals surface area contributed by atoms with Crippen molar-refractivity contribution in [2.75, 3.05) is 13.6 Å². The van der Waals surface area contributed by atoms with E-state index in [0.29, 0.717) is 10.0 Å². The highest BCUT2D eigenvalue weighted by Gasteiger charge is 2.32. The quantitative estimate of drug-likeness (QED) is 0.804. The SMILES string of the molecule is C[C@@H](NC(=O)C1=C(O)C(=O)N(C)C1)c1cccc(-c2ccc(Cl)cc2Cl)c1. The predicted octanol–water partition coefficient (Wildman–Crippen LogP) is 4.12. The normalized spacial score (nSPS) is 15.3. The maximum Gasteiger partial charge on any atom is 0.289 e. The number of amides is 2. The minimum Gasteiger partial charge on any atom is -0.503 e. The van der Waals surface area contributed by atoms with Gasteiger partial charge in [0.15, 0.2) is 5.76 Å². The van der Waals surface area contributed by atoms with Crippen LogP contribution in [0.5, 0.6) is 0 Å². The van der Waals surface area contributed by atoms with Gasteiger partial charge in [-0.25, -0.2) is 0 Å². The van der Waals surface area contributed by atoms with E-state index in [2.05, 4.69) is 5.32 Å². The molecular formula is C20H18Cl2N2O3. The molecule has 140 valence electrons. The Hall–Kier alpha value is -2.50. The molecule has 1 aliphatic rings. The molecule has 5 nitrogen and oxygen atoms in total. The number of hydrogen-bond donors (Lipinski definition) is 2. The maximum absolute atomic E-state index is 12.4. The van der Waals surface area contributed by atoms with Crippen LogP contribution >= 0.6 is 23.2 Å². The fraction of sp³-hybridized carbons (Fsp3) is 0.200. The fourth-order valence-corrected chi connectivity index (χ4v) is 3.46. The molecule has 0 bridgehead atoms. The number of carbonyl (C=O) groups is 2. The van der Waals surface area contributed by atoms with E-state index < -0.39 is 17.6 Å². The first-order valence-corrected chi connectivity index (χ1v) is 9.07. The van der Waals surface area contributed by atoms with Gasteiger partial charge in [-0.2, -0.15) is 0 Å². The summed E-state index contributed by atoms with van der Waals surface area (Å²) in [5, 5.41) is 13.8. The number of nitrogens with one attached hydrogen (secondary N) is 1. The lowest BCUT2D eigenvalue weighted by Crippen LogP contribution is -2.30. The van der Waals surface area contributed by atoms with Crippen LogP contribution in [-0.2, 0) is 9.59 Å². The Morgan fingerprint density at radius 3 is 2.59 bits per heavy atom. The third-order valence-corrected chi connectivity index (χ3v) is 5.03. The average molecular weight is 405 g/mol. The lowest BCUT2D eigenvalue weighted by molar-refractivity contribution is -0.126. The van der Waals surface area contributed by atoms with Crippen LogP contribution < -0.4 is 5.32 Å². The van der Waals surface area contributed by atoms with E-state index in [4.69, 9.17) is 23.2 Å². The van der Waals surface area contributed by atoms with E-state index in [0.717, 1.165) is 16.7 Å². The second kappa shape index (κ2) is 7.62. The van der Waals surface area contributed by atoms with Gasteiger partial charge in [0.2, 0.25) is 0 Å². The lowest BCUT2D eigenvalue weighted by atomic mass is 10.00. The Labute approximate surface area is 167 Å². The highest BCUT2D eigenvalue weighted by atomic mass is 35.5. The molecule has 1 atom stereocenters. The number of rotatable bonds is 4. The van der Waals surface area contributed by atoms with Gasteiger partial charge in [0, 0.05) is 22.7 Å². The Morgan fingerprint density at radius 2 is 1.96 bits per heavy atom. The van der Waals surface area contributed by atoms with E-state index >= 15 is 0 Å². The van der Waals surface area contributed by atoms with Gasteiger partial charge in [-0.3, -0.25) is 9.59 Å². The van der Waals surface area contributed by atoms with E-state index in [1.807, 2.05) is 37.3 Å². The van der Waals surface area contributed by atoms with Crippen LogP contribution in [0.15, 0.2) is 53.8 Å². The Balaban J connectivity index is 1.81. The number of aliphatic hydroxyl groups excluding tert-OH is 1. The summed E-state index contributed by atoms with van der Waals surface area (Å²) in [6, 6.07) is 12.6. The number of carbonyl (C=O) groups excluding carboxylic acids is 2. The first-order valence-electron chi connectivity index (χ1n) is 8.31. The molecule has 0 aliphatic carbocycles. The smallest absolute Gasteiger partial charge is 0.289 e. The molecule has 2 amide bonds. The molecule has 27 heavy (non-hydrogen) atoms. The van der Waals surface area contributed by atoms with Gasteiger partial charge < -0.3 is 15.3 Å². The minimum atomic E-state index is -0.549. The van der Waals surface area contributed by atoms with Crippen molar-refractivity contribution in [1.82, 2.24) is 10.2 Å². The summed E-state index contributed by atoms with van der Waals surface area (Å²) < 4.78 is 0. The van der Waals surface area contributed by atoms with Crippen molar-refractivity contribution in [3.63, 3.8) is 0 Å². The third-order valence-electron chi connectivity index (χ3n) is 4.48. The van der Waals surface area contributed by atoms with Crippen molar-refractivity contribution in [1.29, 1.82) is 0 Å². The lowest BCUT2D eigenvalue weighted by Gasteiger charge is -2.16. The second-order valence-electron chi connectivity index (χ2n) is 6.43. The summed E-state index contributed by atoms with van der Waals surface area (Å²) in [5.41, 5.74) is 2.67. The molecule has 0 fully saturated rings. The molecule has 1 aliphatic heterocycles. The number of benzene rings is 2. The van der Waals surface area contributed by atoms with Gasteiger partial charge in [0.05, 0.1) is 18.2 Å². The Morgan fingerprint density at radius 1 is 1.22 bits per heavy atom. The highest BCUT2D eigenvalue weighted by Crippen LogP contribution is 2.31. The first-order chi connectivity index (χ1) is 12.8. The van der Waals surface area contributed by atoms with Gasteiger partial charge in [-0.1, -0.05) is 47.5 Å².